The molecule has 3 rings (SSSR count). The zero-order valence-corrected chi connectivity index (χ0v) is 15.9. The molecule has 0 aromatic heterocycles. The summed E-state index contributed by atoms with van der Waals surface area (Å²) in [5, 5.41) is 15.1. The van der Waals surface area contributed by atoms with Crippen LogP contribution in [0.25, 0.3) is 0 Å². The van der Waals surface area contributed by atoms with Gasteiger partial charge in [0.25, 0.3) is 0 Å². The highest BCUT2D eigenvalue weighted by Crippen LogP contribution is 2.31. The van der Waals surface area contributed by atoms with E-state index in [9.17, 15) is 9.59 Å². The summed E-state index contributed by atoms with van der Waals surface area (Å²) in [6, 6.07) is 6.14. The first kappa shape index (κ1) is 19.8. The van der Waals surface area contributed by atoms with Crippen LogP contribution in [-0.2, 0) is 20.7 Å². The number of amides is 1. The number of nitrogens with one attached hydrogen (secondary N) is 2. The van der Waals surface area contributed by atoms with Gasteiger partial charge in [-0.05, 0) is 62.5 Å². The summed E-state index contributed by atoms with van der Waals surface area (Å²) in [5.74, 6) is -0.914. The number of ether oxygens (including phenoxy) is 1. The SMILES string of the molecule is CC1c2cc(NC(=O)COC3CCNCC3)ccc2CCN1CCC(=O)O. The normalized spacial score (nSPS) is 20.9. The maximum Gasteiger partial charge on any atom is 0.304 e. The Labute approximate surface area is 160 Å². The smallest absolute Gasteiger partial charge is 0.304 e. The summed E-state index contributed by atoms with van der Waals surface area (Å²) in [4.78, 5) is 25.3. The third kappa shape index (κ3) is 5.51. The molecule has 1 amide bonds. The van der Waals surface area contributed by atoms with E-state index in [4.69, 9.17) is 9.84 Å². The Morgan fingerprint density at radius 3 is 2.85 bits per heavy atom. The molecule has 1 atom stereocenters. The quantitative estimate of drug-likeness (QED) is 0.673. The number of carbonyl (C=O) groups is 2. The van der Waals surface area contributed by atoms with Gasteiger partial charge in [0, 0.05) is 24.8 Å². The van der Waals surface area contributed by atoms with Crippen LogP contribution in [0.15, 0.2) is 18.2 Å². The van der Waals surface area contributed by atoms with Gasteiger partial charge in [-0.15, -0.1) is 0 Å². The molecule has 1 saturated heterocycles. The summed E-state index contributed by atoms with van der Waals surface area (Å²) in [5.41, 5.74) is 3.18. The summed E-state index contributed by atoms with van der Waals surface area (Å²) in [7, 11) is 0. The number of piperidine rings is 1. The van der Waals surface area contributed by atoms with Gasteiger partial charge >= 0.3 is 5.97 Å². The first-order valence-electron chi connectivity index (χ1n) is 9.74. The molecule has 1 fully saturated rings. The third-order valence-electron chi connectivity index (χ3n) is 5.44. The van der Waals surface area contributed by atoms with Crippen molar-refractivity contribution in [3.8, 4) is 0 Å². The number of hydrogen-bond donors (Lipinski definition) is 3. The Balaban J connectivity index is 1.56. The van der Waals surface area contributed by atoms with Crippen molar-refractivity contribution >= 4 is 17.6 Å². The highest BCUT2D eigenvalue weighted by atomic mass is 16.5. The lowest BCUT2D eigenvalue weighted by Crippen LogP contribution is -2.35. The van der Waals surface area contributed by atoms with Gasteiger partial charge in [-0.1, -0.05) is 6.07 Å². The molecule has 0 spiro atoms. The summed E-state index contributed by atoms with van der Waals surface area (Å²) in [6.45, 7) is 5.43. The van der Waals surface area contributed by atoms with E-state index in [0.717, 1.165) is 50.1 Å². The molecular formula is C20H29N3O4. The van der Waals surface area contributed by atoms with Gasteiger partial charge in [0.2, 0.25) is 5.91 Å². The van der Waals surface area contributed by atoms with Crippen molar-refractivity contribution in [2.75, 3.05) is 38.1 Å². The fourth-order valence-electron chi connectivity index (χ4n) is 3.84. The highest BCUT2D eigenvalue weighted by Gasteiger charge is 2.24. The molecule has 7 heteroatoms. The molecule has 1 aromatic carbocycles. The van der Waals surface area contributed by atoms with E-state index in [1.165, 1.54) is 5.56 Å². The van der Waals surface area contributed by atoms with Crippen LogP contribution in [0.4, 0.5) is 5.69 Å². The molecular weight excluding hydrogens is 346 g/mol. The number of fused-ring (bicyclic) bond motifs is 1. The van der Waals surface area contributed by atoms with Gasteiger partial charge in [-0.3, -0.25) is 14.5 Å². The molecule has 2 aliphatic heterocycles. The van der Waals surface area contributed by atoms with Gasteiger partial charge in [-0.25, -0.2) is 0 Å². The Bertz CT molecular complexity index is 673. The Morgan fingerprint density at radius 2 is 2.11 bits per heavy atom. The number of carboxylic acid groups (broad SMARTS) is 1. The van der Waals surface area contributed by atoms with Crippen molar-refractivity contribution < 1.29 is 19.4 Å². The van der Waals surface area contributed by atoms with Gasteiger partial charge < -0.3 is 20.5 Å². The molecule has 27 heavy (non-hydrogen) atoms. The Hall–Kier alpha value is -1.96. The van der Waals surface area contributed by atoms with E-state index in [1.807, 2.05) is 12.1 Å². The number of aliphatic carboxylic acids is 1. The molecule has 148 valence electrons. The Morgan fingerprint density at radius 1 is 1.33 bits per heavy atom. The molecule has 7 nitrogen and oxygen atoms in total. The first-order chi connectivity index (χ1) is 13.0. The van der Waals surface area contributed by atoms with Crippen molar-refractivity contribution in [1.29, 1.82) is 0 Å². The van der Waals surface area contributed by atoms with Crippen molar-refractivity contribution in [3.05, 3.63) is 29.3 Å². The van der Waals surface area contributed by atoms with Crippen molar-refractivity contribution in [2.45, 2.75) is 44.8 Å². The standard InChI is InChI=1S/C20H29N3O4/c1-14-18-12-16(22-19(24)13-27-17-4-8-21-9-5-17)3-2-15(18)6-10-23(14)11-7-20(25)26/h2-3,12,14,17,21H,4-11,13H2,1H3,(H,22,24)(H,25,26). The van der Waals surface area contributed by atoms with Crippen molar-refractivity contribution in [2.24, 2.45) is 0 Å². The lowest BCUT2D eigenvalue weighted by Gasteiger charge is -2.35. The van der Waals surface area contributed by atoms with Crippen LogP contribution in [0.1, 0.15) is 43.4 Å². The zero-order chi connectivity index (χ0) is 19.2. The second kappa shape index (κ2) is 9.30. The topological polar surface area (TPSA) is 90.9 Å². The fourth-order valence-corrected chi connectivity index (χ4v) is 3.84. The minimum atomic E-state index is -0.775. The van der Waals surface area contributed by atoms with Crippen LogP contribution in [0.2, 0.25) is 0 Å². The van der Waals surface area contributed by atoms with E-state index in [0.29, 0.717) is 6.54 Å². The highest BCUT2D eigenvalue weighted by molar-refractivity contribution is 5.91. The molecule has 3 N–H and O–H groups in total. The Kier molecular flexibility index (Phi) is 6.82. The number of hydrogen-bond acceptors (Lipinski definition) is 5. The fraction of sp³-hybridized carbons (Fsp3) is 0.600. The van der Waals surface area contributed by atoms with Crippen LogP contribution in [0, 0.1) is 0 Å². The molecule has 0 saturated carbocycles. The van der Waals surface area contributed by atoms with E-state index in [1.54, 1.807) is 0 Å². The minimum absolute atomic E-state index is 0.0715. The lowest BCUT2D eigenvalue weighted by molar-refractivity contribution is -0.137. The molecule has 0 bridgehead atoms. The van der Waals surface area contributed by atoms with Crippen LogP contribution in [0.3, 0.4) is 0 Å². The predicted molar refractivity (Wildman–Crippen MR) is 103 cm³/mol. The summed E-state index contributed by atoms with van der Waals surface area (Å²) in [6.07, 6.45) is 3.07. The monoisotopic (exact) mass is 375 g/mol. The van der Waals surface area contributed by atoms with E-state index < -0.39 is 5.97 Å². The van der Waals surface area contributed by atoms with Crippen LogP contribution in [0.5, 0.6) is 0 Å². The molecule has 2 aliphatic rings. The summed E-state index contributed by atoms with van der Waals surface area (Å²) >= 11 is 0. The minimum Gasteiger partial charge on any atom is -0.481 e. The number of benzene rings is 1. The second-order valence-electron chi connectivity index (χ2n) is 7.33. The van der Waals surface area contributed by atoms with Crippen molar-refractivity contribution in [3.63, 3.8) is 0 Å². The summed E-state index contributed by atoms with van der Waals surface area (Å²) < 4.78 is 5.71. The average molecular weight is 375 g/mol. The first-order valence-corrected chi connectivity index (χ1v) is 9.74. The maximum atomic E-state index is 12.2. The maximum absolute atomic E-state index is 12.2. The lowest BCUT2D eigenvalue weighted by atomic mass is 9.93. The number of rotatable bonds is 7. The van der Waals surface area contributed by atoms with E-state index in [-0.39, 0.29) is 31.1 Å². The van der Waals surface area contributed by atoms with Crippen LogP contribution >= 0.6 is 0 Å². The second-order valence-corrected chi connectivity index (χ2v) is 7.33. The van der Waals surface area contributed by atoms with Crippen molar-refractivity contribution in [1.82, 2.24) is 10.2 Å². The number of carbonyl (C=O) groups excluding carboxylic acids is 1. The number of anilines is 1. The predicted octanol–water partition coefficient (Wildman–Crippen LogP) is 1.79. The number of nitrogens with zero attached hydrogens (tertiary/aromatic N) is 1. The van der Waals surface area contributed by atoms with E-state index >= 15 is 0 Å². The van der Waals surface area contributed by atoms with Gasteiger partial charge in [0.15, 0.2) is 0 Å². The molecule has 0 aliphatic carbocycles. The molecule has 2 heterocycles. The van der Waals surface area contributed by atoms with Gasteiger partial charge in [0.05, 0.1) is 12.5 Å². The number of carboxylic acids is 1. The van der Waals surface area contributed by atoms with Crippen LogP contribution in [-0.4, -0.2) is 60.8 Å². The molecule has 1 unspecified atom stereocenters. The zero-order valence-electron chi connectivity index (χ0n) is 15.9. The third-order valence-corrected chi connectivity index (χ3v) is 5.44. The van der Waals surface area contributed by atoms with Gasteiger partial charge in [0.1, 0.15) is 6.61 Å². The van der Waals surface area contributed by atoms with E-state index in [2.05, 4.69) is 28.5 Å². The average Bonchev–Trinajstić information content (AvgIpc) is 2.67. The largest absolute Gasteiger partial charge is 0.481 e. The molecule has 0 radical (unpaired) electrons. The molecule has 1 aromatic rings. The van der Waals surface area contributed by atoms with Crippen LogP contribution < -0.4 is 10.6 Å². The van der Waals surface area contributed by atoms with Gasteiger partial charge in [-0.2, -0.15) is 0 Å².